The number of amides is 1. The molecule has 1 unspecified atom stereocenters. The molecule has 1 fully saturated rings. The van der Waals surface area contributed by atoms with E-state index in [1.165, 1.54) is 0 Å². The highest BCUT2D eigenvalue weighted by molar-refractivity contribution is 6.04. The number of hydrogen-bond acceptors (Lipinski definition) is 5. The van der Waals surface area contributed by atoms with Gasteiger partial charge in [0.1, 0.15) is 24.7 Å². The van der Waals surface area contributed by atoms with Gasteiger partial charge in [0.25, 0.3) is 5.91 Å². The average molecular weight is 371 g/mol. The molecule has 144 valence electrons. The number of rotatable bonds is 9. The molecule has 2 aromatic rings. The first-order chi connectivity index (χ1) is 13.2. The van der Waals surface area contributed by atoms with Crippen LogP contribution >= 0.6 is 0 Å². The Morgan fingerprint density at radius 1 is 1.11 bits per heavy atom. The summed E-state index contributed by atoms with van der Waals surface area (Å²) in [6.07, 6.45) is 2.27. The summed E-state index contributed by atoms with van der Waals surface area (Å²) in [7, 11) is 1.62. The molecule has 1 heterocycles. The van der Waals surface area contributed by atoms with Crippen molar-refractivity contribution in [2.45, 2.75) is 18.9 Å². The Hall–Kier alpha value is -2.57. The van der Waals surface area contributed by atoms with E-state index in [4.69, 9.17) is 18.9 Å². The van der Waals surface area contributed by atoms with Crippen LogP contribution in [0.1, 0.15) is 23.2 Å². The maximum atomic E-state index is 12.4. The molecular formula is C21H25NO5. The van der Waals surface area contributed by atoms with Crippen LogP contribution in [0.3, 0.4) is 0 Å². The van der Waals surface area contributed by atoms with Crippen molar-refractivity contribution in [2.24, 2.45) is 0 Å². The molecule has 3 rings (SSSR count). The van der Waals surface area contributed by atoms with E-state index in [1.54, 1.807) is 31.4 Å². The molecule has 0 spiro atoms. The normalized spacial score (nSPS) is 16.1. The predicted octanol–water partition coefficient (Wildman–Crippen LogP) is 3.52. The molecule has 1 saturated heterocycles. The monoisotopic (exact) mass is 371 g/mol. The summed E-state index contributed by atoms with van der Waals surface area (Å²) in [6, 6.07) is 14.4. The molecule has 1 aliphatic heterocycles. The predicted molar refractivity (Wildman–Crippen MR) is 103 cm³/mol. The van der Waals surface area contributed by atoms with Crippen molar-refractivity contribution >= 4 is 11.6 Å². The third kappa shape index (κ3) is 5.98. The smallest absolute Gasteiger partial charge is 0.255 e. The first-order valence-electron chi connectivity index (χ1n) is 9.12. The minimum atomic E-state index is -0.185. The first kappa shape index (κ1) is 19.2. The van der Waals surface area contributed by atoms with Gasteiger partial charge >= 0.3 is 0 Å². The second kappa shape index (κ2) is 9.94. The van der Waals surface area contributed by atoms with Crippen LogP contribution in [0.25, 0.3) is 0 Å². The van der Waals surface area contributed by atoms with Gasteiger partial charge < -0.3 is 24.3 Å². The quantitative estimate of drug-likeness (QED) is 0.683. The summed E-state index contributed by atoms with van der Waals surface area (Å²) in [4.78, 5) is 12.4. The minimum Gasteiger partial charge on any atom is -0.491 e. The molecule has 1 aliphatic rings. The number of carbonyl (C=O) groups excluding carboxylic acids is 1. The van der Waals surface area contributed by atoms with E-state index < -0.39 is 0 Å². The van der Waals surface area contributed by atoms with E-state index in [-0.39, 0.29) is 12.0 Å². The molecule has 0 aliphatic carbocycles. The largest absolute Gasteiger partial charge is 0.491 e. The Morgan fingerprint density at radius 2 is 1.96 bits per heavy atom. The fraction of sp³-hybridized carbons (Fsp3) is 0.381. The van der Waals surface area contributed by atoms with Crippen LogP contribution in [-0.4, -0.2) is 45.5 Å². The summed E-state index contributed by atoms with van der Waals surface area (Å²) in [5.41, 5.74) is 1.24. The summed E-state index contributed by atoms with van der Waals surface area (Å²) in [5, 5.41) is 2.89. The highest BCUT2D eigenvalue weighted by Crippen LogP contribution is 2.21. The summed E-state index contributed by atoms with van der Waals surface area (Å²) in [5.74, 6) is 1.23. The van der Waals surface area contributed by atoms with E-state index in [2.05, 4.69) is 5.32 Å². The van der Waals surface area contributed by atoms with Crippen molar-refractivity contribution in [3.8, 4) is 11.5 Å². The third-order valence-electron chi connectivity index (χ3n) is 4.22. The lowest BCUT2D eigenvalue weighted by molar-refractivity contribution is 0.0680. The number of methoxy groups -OCH3 is 1. The molecule has 0 bridgehead atoms. The third-order valence-corrected chi connectivity index (χ3v) is 4.22. The van der Waals surface area contributed by atoms with E-state index in [0.29, 0.717) is 42.6 Å². The first-order valence-corrected chi connectivity index (χ1v) is 9.12. The molecule has 6 nitrogen and oxygen atoms in total. The van der Waals surface area contributed by atoms with Crippen LogP contribution in [0, 0.1) is 0 Å². The maximum absolute atomic E-state index is 12.4. The molecule has 0 saturated carbocycles. The van der Waals surface area contributed by atoms with Crippen molar-refractivity contribution in [1.29, 1.82) is 0 Å². The summed E-state index contributed by atoms with van der Waals surface area (Å²) >= 11 is 0. The number of hydrogen-bond donors (Lipinski definition) is 1. The van der Waals surface area contributed by atoms with Crippen molar-refractivity contribution < 1.29 is 23.7 Å². The summed E-state index contributed by atoms with van der Waals surface area (Å²) in [6.45, 7) is 2.33. The fourth-order valence-corrected chi connectivity index (χ4v) is 2.78. The molecule has 1 amide bonds. The maximum Gasteiger partial charge on any atom is 0.255 e. The van der Waals surface area contributed by atoms with Crippen molar-refractivity contribution in [3.05, 3.63) is 54.1 Å². The van der Waals surface area contributed by atoms with Crippen LogP contribution < -0.4 is 14.8 Å². The lowest BCUT2D eigenvalue weighted by atomic mass is 10.2. The Kier molecular flexibility index (Phi) is 7.07. The highest BCUT2D eigenvalue weighted by Gasteiger charge is 2.16. The molecule has 6 heteroatoms. The number of anilines is 1. The van der Waals surface area contributed by atoms with Gasteiger partial charge in [-0.3, -0.25) is 4.79 Å². The standard InChI is InChI=1S/C21H25NO5/c1-24-12-13-26-18-9-7-16(8-10-18)21(23)22-17-4-2-5-19(14-17)27-15-20-6-3-11-25-20/h2,4-5,7-10,14,20H,3,6,11-13,15H2,1H3,(H,22,23). The molecule has 0 radical (unpaired) electrons. The molecular weight excluding hydrogens is 346 g/mol. The van der Waals surface area contributed by atoms with Crippen LogP contribution in [0.5, 0.6) is 11.5 Å². The van der Waals surface area contributed by atoms with E-state index in [0.717, 1.165) is 19.4 Å². The van der Waals surface area contributed by atoms with Gasteiger partial charge in [-0.25, -0.2) is 0 Å². The molecule has 1 atom stereocenters. The number of benzene rings is 2. The van der Waals surface area contributed by atoms with E-state index in [1.807, 2.05) is 24.3 Å². The van der Waals surface area contributed by atoms with E-state index in [9.17, 15) is 4.79 Å². The molecule has 27 heavy (non-hydrogen) atoms. The van der Waals surface area contributed by atoms with Crippen molar-refractivity contribution in [2.75, 3.05) is 38.9 Å². The SMILES string of the molecule is COCCOc1ccc(C(=O)Nc2cccc(OCC3CCCO3)c2)cc1. The second-order valence-corrected chi connectivity index (χ2v) is 6.29. The lowest BCUT2D eigenvalue weighted by Crippen LogP contribution is -2.16. The van der Waals surface area contributed by atoms with Crippen molar-refractivity contribution in [1.82, 2.24) is 0 Å². The Morgan fingerprint density at radius 3 is 2.70 bits per heavy atom. The van der Waals surface area contributed by atoms with Crippen LogP contribution in [0.4, 0.5) is 5.69 Å². The van der Waals surface area contributed by atoms with Gasteiger partial charge in [0.2, 0.25) is 0 Å². The Labute approximate surface area is 159 Å². The van der Waals surface area contributed by atoms with Gasteiger partial charge in [-0.15, -0.1) is 0 Å². The number of ether oxygens (including phenoxy) is 4. The van der Waals surface area contributed by atoms with Gasteiger partial charge in [0, 0.05) is 31.0 Å². The summed E-state index contributed by atoms with van der Waals surface area (Å²) < 4.78 is 21.8. The Bertz CT molecular complexity index is 726. The second-order valence-electron chi connectivity index (χ2n) is 6.29. The van der Waals surface area contributed by atoms with Crippen LogP contribution in [0.15, 0.2) is 48.5 Å². The zero-order chi connectivity index (χ0) is 18.9. The van der Waals surface area contributed by atoms with Gasteiger partial charge in [-0.05, 0) is 49.2 Å². The highest BCUT2D eigenvalue weighted by atomic mass is 16.5. The molecule has 0 aromatic heterocycles. The molecule has 1 N–H and O–H groups in total. The minimum absolute atomic E-state index is 0.160. The zero-order valence-corrected chi connectivity index (χ0v) is 15.5. The van der Waals surface area contributed by atoms with E-state index >= 15 is 0 Å². The number of carbonyl (C=O) groups is 1. The number of nitrogens with one attached hydrogen (secondary N) is 1. The topological polar surface area (TPSA) is 66.0 Å². The zero-order valence-electron chi connectivity index (χ0n) is 15.5. The van der Waals surface area contributed by atoms with Gasteiger partial charge in [0.05, 0.1) is 12.7 Å². The van der Waals surface area contributed by atoms with Gasteiger partial charge in [0.15, 0.2) is 0 Å². The van der Waals surface area contributed by atoms with Gasteiger partial charge in [-0.2, -0.15) is 0 Å². The van der Waals surface area contributed by atoms with Crippen molar-refractivity contribution in [3.63, 3.8) is 0 Å². The van der Waals surface area contributed by atoms with Crippen LogP contribution in [0.2, 0.25) is 0 Å². The van der Waals surface area contributed by atoms with Gasteiger partial charge in [-0.1, -0.05) is 6.07 Å². The lowest BCUT2D eigenvalue weighted by Gasteiger charge is -2.13. The Balaban J connectivity index is 1.53. The van der Waals surface area contributed by atoms with Crippen LogP contribution in [-0.2, 0) is 9.47 Å². The average Bonchev–Trinajstić information content (AvgIpc) is 3.21. The fourth-order valence-electron chi connectivity index (χ4n) is 2.78. The molecule has 2 aromatic carbocycles.